The summed E-state index contributed by atoms with van der Waals surface area (Å²) in [6.45, 7) is 0.183. The van der Waals surface area contributed by atoms with Crippen LogP contribution in [0.15, 0.2) is 11.0 Å². The van der Waals surface area contributed by atoms with Gasteiger partial charge in [0.05, 0.1) is 22.2 Å². The van der Waals surface area contributed by atoms with Crippen LogP contribution in [0.1, 0.15) is 23.2 Å². The fraction of sp³-hybridized carbons (Fsp3) is 0.364. The highest BCUT2D eigenvalue weighted by molar-refractivity contribution is 8.14. The first-order valence-electron chi connectivity index (χ1n) is 5.51. The van der Waals surface area contributed by atoms with E-state index in [1.807, 2.05) is 0 Å². The van der Waals surface area contributed by atoms with Crippen molar-refractivity contribution < 1.29 is 22.3 Å². The molecular weight excluding hydrogens is 354 g/mol. The van der Waals surface area contributed by atoms with Gasteiger partial charge >= 0.3 is 5.97 Å². The first-order chi connectivity index (χ1) is 9.21. The Balaban J connectivity index is 2.43. The summed E-state index contributed by atoms with van der Waals surface area (Å²) in [5, 5.41) is -1.31. The SMILES string of the molecule is O=C(OCC1CC1)c1cc(F)c(Cl)c(S(=O)(=O)Cl)c1Cl. The summed E-state index contributed by atoms with van der Waals surface area (Å²) in [6, 6.07) is 0.728. The highest BCUT2D eigenvalue weighted by Gasteiger charge is 2.29. The lowest BCUT2D eigenvalue weighted by Gasteiger charge is -2.10. The topological polar surface area (TPSA) is 60.4 Å². The van der Waals surface area contributed by atoms with E-state index in [2.05, 4.69) is 0 Å². The van der Waals surface area contributed by atoms with E-state index >= 15 is 0 Å². The summed E-state index contributed by atoms with van der Waals surface area (Å²) in [5.74, 6) is -1.74. The van der Waals surface area contributed by atoms with Gasteiger partial charge in [0.2, 0.25) is 0 Å². The van der Waals surface area contributed by atoms with Crippen molar-refractivity contribution in [2.24, 2.45) is 5.92 Å². The van der Waals surface area contributed by atoms with Crippen LogP contribution in [0.25, 0.3) is 0 Å². The lowest BCUT2D eigenvalue weighted by atomic mass is 10.2. The summed E-state index contributed by atoms with van der Waals surface area (Å²) in [6.07, 6.45) is 1.91. The Morgan fingerprint density at radius 3 is 2.45 bits per heavy atom. The molecule has 0 spiro atoms. The lowest BCUT2D eigenvalue weighted by Crippen LogP contribution is -2.11. The average molecular weight is 362 g/mol. The zero-order valence-electron chi connectivity index (χ0n) is 9.83. The van der Waals surface area contributed by atoms with Gasteiger partial charge in [-0.1, -0.05) is 23.2 Å². The van der Waals surface area contributed by atoms with E-state index in [0.717, 1.165) is 18.9 Å². The van der Waals surface area contributed by atoms with Crippen LogP contribution in [0.2, 0.25) is 10.0 Å². The van der Waals surface area contributed by atoms with Crippen LogP contribution in [0.3, 0.4) is 0 Å². The van der Waals surface area contributed by atoms with Gasteiger partial charge in [0.15, 0.2) is 0 Å². The number of hydrogen-bond donors (Lipinski definition) is 0. The van der Waals surface area contributed by atoms with Gasteiger partial charge in [-0.3, -0.25) is 0 Å². The van der Waals surface area contributed by atoms with E-state index in [-0.39, 0.29) is 6.61 Å². The highest BCUT2D eigenvalue weighted by atomic mass is 35.7. The number of hydrogen-bond acceptors (Lipinski definition) is 4. The molecule has 0 N–H and O–H groups in total. The summed E-state index contributed by atoms with van der Waals surface area (Å²) >= 11 is 11.3. The molecule has 1 fully saturated rings. The molecule has 9 heteroatoms. The van der Waals surface area contributed by atoms with Gasteiger partial charge in [-0.2, -0.15) is 0 Å². The second kappa shape index (κ2) is 5.67. The standard InChI is InChI=1S/C11H8Cl3FO4S/c12-8-6(11(16)19-4-5-1-2-5)3-7(15)9(13)10(8)20(14,17)18/h3,5H,1-2,4H2. The second-order valence-electron chi connectivity index (χ2n) is 4.34. The van der Waals surface area contributed by atoms with Crippen LogP contribution in [0.5, 0.6) is 0 Å². The minimum atomic E-state index is -4.40. The van der Waals surface area contributed by atoms with Crippen LogP contribution in [0.4, 0.5) is 4.39 Å². The van der Waals surface area contributed by atoms with E-state index < -0.39 is 41.3 Å². The fourth-order valence-corrected chi connectivity index (χ4v) is 3.87. The van der Waals surface area contributed by atoms with E-state index in [4.69, 9.17) is 38.6 Å². The quantitative estimate of drug-likeness (QED) is 0.467. The lowest BCUT2D eigenvalue weighted by molar-refractivity contribution is 0.0485. The van der Waals surface area contributed by atoms with E-state index in [1.54, 1.807) is 0 Å². The van der Waals surface area contributed by atoms with Crippen molar-refractivity contribution >= 4 is 48.9 Å². The number of benzene rings is 1. The molecule has 4 nitrogen and oxygen atoms in total. The van der Waals surface area contributed by atoms with Crippen LogP contribution in [0, 0.1) is 11.7 Å². The van der Waals surface area contributed by atoms with Crippen molar-refractivity contribution in [2.75, 3.05) is 6.61 Å². The maximum Gasteiger partial charge on any atom is 0.339 e. The van der Waals surface area contributed by atoms with Crippen LogP contribution >= 0.6 is 33.9 Å². The third kappa shape index (κ3) is 3.36. The molecule has 1 saturated carbocycles. The predicted octanol–water partition coefficient (Wildman–Crippen LogP) is 3.63. The molecule has 0 heterocycles. The zero-order valence-corrected chi connectivity index (χ0v) is 12.9. The largest absolute Gasteiger partial charge is 0.462 e. The Kier molecular flexibility index (Phi) is 4.49. The molecule has 0 atom stereocenters. The Morgan fingerprint density at radius 2 is 1.95 bits per heavy atom. The highest BCUT2D eigenvalue weighted by Crippen LogP contribution is 2.37. The minimum Gasteiger partial charge on any atom is -0.462 e. The van der Waals surface area contributed by atoms with Crippen molar-refractivity contribution in [3.8, 4) is 0 Å². The molecule has 20 heavy (non-hydrogen) atoms. The van der Waals surface area contributed by atoms with Crippen molar-refractivity contribution in [2.45, 2.75) is 17.7 Å². The monoisotopic (exact) mass is 360 g/mol. The first-order valence-corrected chi connectivity index (χ1v) is 8.57. The molecule has 0 unspecified atom stereocenters. The van der Waals surface area contributed by atoms with Gasteiger partial charge in [0, 0.05) is 10.7 Å². The summed E-state index contributed by atoms with van der Waals surface area (Å²) in [4.78, 5) is 11.0. The number of rotatable bonds is 4. The molecule has 110 valence electrons. The second-order valence-corrected chi connectivity index (χ2v) is 7.60. The van der Waals surface area contributed by atoms with Crippen molar-refractivity contribution in [3.05, 3.63) is 27.5 Å². The predicted molar refractivity (Wildman–Crippen MR) is 72.5 cm³/mol. The average Bonchev–Trinajstić information content (AvgIpc) is 3.13. The van der Waals surface area contributed by atoms with Gasteiger partial charge in [0.25, 0.3) is 9.05 Å². The number of carbonyl (C=O) groups is 1. The van der Waals surface area contributed by atoms with E-state index in [9.17, 15) is 17.6 Å². The maximum atomic E-state index is 13.6. The molecule has 0 saturated heterocycles. The molecule has 2 rings (SSSR count). The first kappa shape index (κ1) is 15.8. The third-order valence-electron chi connectivity index (χ3n) is 2.73. The van der Waals surface area contributed by atoms with Gasteiger partial charge in [-0.25, -0.2) is 17.6 Å². The molecule has 1 aromatic carbocycles. The summed E-state index contributed by atoms with van der Waals surface area (Å²) in [7, 11) is 0.739. The smallest absolute Gasteiger partial charge is 0.339 e. The van der Waals surface area contributed by atoms with E-state index in [1.165, 1.54) is 0 Å². The van der Waals surface area contributed by atoms with Crippen LogP contribution in [-0.4, -0.2) is 21.0 Å². The van der Waals surface area contributed by atoms with Gasteiger partial charge in [-0.05, 0) is 24.8 Å². The van der Waals surface area contributed by atoms with Gasteiger partial charge < -0.3 is 4.74 Å². The molecule has 0 aromatic heterocycles. The Morgan fingerprint density at radius 1 is 1.35 bits per heavy atom. The molecule has 1 aliphatic carbocycles. The minimum absolute atomic E-state index is 0.183. The number of carbonyl (C=O) groups excluding carboxylic acids is 1. The summed E-state index contributed by atoms with van der Waals surface area (Å²) in [5.41, 5.74) is -0.423. The van der Waals surface area contributed by atoms with Crippen LogP contribution in [-0.2, 0) is 13.8 Å². The summed E-state index contributed by atoms with van der Waals surface area (Å²) < 4.78 is 41.2. The maximum absolute atomic E-state index is 13.6. The fourth-order valence-electron chi connectivity index (χ4n) is 1.50. The molecule has 0 amide bonds. The Bertz CT molecular complexity index is 671. The van der Waals surface area contributed by atoms with Crippen molar-refractivity contribution in [1.29, 1.82) is 0 Å². The Labute approximate surface area is 129 Å². The third-order valence-corrected chi connectivity index (χ3v) is 5.07. The molecule has 0 bridgehead atoms. The zero-order chi connectivity index (χ0) is 15.1. The van der Waals surface area contributed by atoms with Crippen molar-refractivity contribution in [1.82, 2.24) is 0 Å². The molecule has 0 aliphatic heterocycles. The molecule has 1 aromatic rings. The Hall–Kier alpha value is -0.560. The molecule has 0 radical (unpaired) electrons. The van der Waals surface area contributed by atoms with Crippen molar-refractivity contribution in [3.63, 3.8) is 0 Å². The number of halogens is 4. The molecule has 1 aliphatic rings. The van der Waals surface area contributed by atoms with Crippen LogP contribution < -0.4 is 0 Å². The van der Waals surface area contributed by atoms with Gasteiger partial charge in [-0.15, -0.1) is 0 Å². The number of esters is 1. The van der Waals surface area contributed by atoms with Gasteiger partial charge in [0.1, 0.15) is 10.7 Å². The number of ether oxygens (including phenoxy) is 1. The molecular formula is C11H8Cl3FO4S. The van der Waals surface area contributed by atoms with E-state index in [0.29, 0.717) is 5.92 Å². The normalized spacial score (nSPS) is 15.2.